The van der Waals surface area contributed by atoms with Gasteiger partial charge in [-0.1, -0.05) is 36.4 Å². The predicted octanol–water partition coefficient (Wildman–Crippen LogP) is 2.76. The Morgan fingerprint density at radius 1 is 1.18 bits per heavy atom. The average Bonchev–Trinajstić information content (AvgIpc) is 2.38. The van der Waals surface area contributed by atoms with Crippen LogP contribution in [-0.4, -0.2) is 22.4 Å². The Labute approximate surface area is 109 Å². The summed E-state index contributed by atoms with van der Waals surface area (Å²) in [4.78, 5) is 11.9. The van der Waals surface area contributed by atoms with Crippen LogP contribution >= 0.6 is 0 Å². The molecule has 2 aromatic rings. The van der Waals surface area contributed by atoms with E-state index in [2.05, 4.69) is 0 Å². The van der Waals surface area contributed by atoms with Crippen molar-refractivity contribution < 1.29 is 8.58 Å². The van der Waals surface area contributed by atoms with Crippen LogP contribution in [0.4, 0.5) is 0 Å². The van der Waals surface area contributed by atoms with Gasteiger partial charge in [-0.25, -0.2) is 0 Å². The first-order chi connectivity index (χ1) is 8.20. The second kappa shape index (κ2) is 5.18. The molecule has 3 heteroatoms. The first-order valence-corrected chi connectivity index (χ1v) is 5.92. The van der Waals surface area contributed by atoms with E-state index in [1.54, 1.807) is 6.92 Å². The van der Waals surface area contributed by atoms with Crippen molar-refractivity contribution in [2.75, 3.05) is 0 Å². The van der Waals surface area contributed by atoms with Crippen LogP contribution < -0.4 is 0 Å². The predicted molar refractivity (Wildman–Crippen MR) is 70.3 cm³/mol. The highest BCUT2D eigenvalue weighted by Gasteiger charge is 2.04. The fraction of sp³-hybridized carbons (Fsp3) is 0.0714. The monoisotopic (exact) mass is 239 g/mol. The van der Waals surface area contributed by atoms with Crippen LogP contribution in [0.25, 0.3) is 10.8 Å². The zero-order valence-electron chi connectivity index (χ0n) is 9.64. The van der Waals surface area contributed by atoms with E-state index in [1.165, 1.54) is 22.7 Å². The van der Waals surface area contributed by atoms with Gasteiger partial charge in [-0.2, -0.15) is 0 Å². The van der Waals surface area contributed by atoms with E-state index in [1.807, 2.05) is 42.5 Å². The van der Waals surface area contributed by atoms with Crippen molar-refractivity contribution in [1.82, 2.24) is 0 Å². The minimum Gasteiger partial charge on any atom is -0.653 e. The van der Waals surface area contributed by atoms with Crippen molar-refractivity contribution in [1.29, 1.82) is 0 Å². The molecule has 83 valence electrons. The molecule has 2 rings (SSSR count). The lowest BCUT2D eigenvalue weighted by atomic mass is 10.0. The minimum absolute atomic E-state index is 0.0279. The van der Waals surface area contributed by atoms with Gasteiger partial charge in [-0.05, 0) is 23.8 Å². The topological polar surface area (TPSA) is 26.3 Å². The number of rotatable bonds is 3. The van der Waals surface area contributed by atoms with Crippen molar-refractivity contribution in [2.45, 2.75) is 6.92 Å². The molecular formula is C14H12AlO2. The van der Waals surface area contributed by atoms with E-state index in [0.29, 0.717) is 11.3 Å². The summed E-state index contributed by atoms with van der Waals surface area (Å²) in [6.45, 7) is 1.77. The molecule has 0 amide bonds. The molecule has 2 aromatic carbocycles. The summed E-state index contributed by atoms with van der Waals surface area (Å²) >= 11 is 1.37. The molecule has 0 bridgehead atoms. The third-order valence-electron chi connectivity index (χ3n) is 2.60. The Balaban J connectivity index is 2.40. The minimum atomic E-state index is -0.0279. The quantitative estimate of drug-likeness (QED) is 0.356. The highest BCUT2D eigenvalue weighted by molar-refractivity contribution is 6.07. The van der Waals surface area contributed by atoms with E-state index in [-0.39, 0.29) is 5.78 Å². The molecule has 1 radical (unpaired) electrons. The van der Waals surface area contributed by atoms with Gasteiger partial charge < -0.3 is 3.79 Å². The van der Waals surface area contributed by atoms with Crippen molar-refractivity contribution in [3.05, 3.63) is 59.9 Å². The Morgan fingerprint density at radius 2 is 1.88 bits per heavy atom. The molecule has 17 heavy (non-hydrogen) atoms. The van der Waals surface area contributed by atoms with Crippen LogP contribution in [0.3, 0.4) is 0 Å². The van der Waals surface area contributed by atoms with Crippen LogP contribution in [0.2, 0.25) is 0 Å². The van der Waals surface area contributed by atoms with E-state index in [9.17, 15) is 4.79 Å². The number of ketones is 1. The number of hydrogen-bond acceptors (Lipinski definition) is 2. The van der Waals surface area contributed by atoms with Crippen molar-refractivity contribution in [3.63, 3.8) is 0 Å². The van der Waals surface area contributed by atoms with Gasteiger partial charge in [0.05, 0.1) is 5.76 Å². The lowest BCUT2D eigenvalue weighted by molar-refractivity contribution is 0.104. The zero-order chi connectivity index (χ0) is 12.3. The van der Waals surface area contributed by atoms with Gasteiger partial charge in [0, 0.05) is 11.6 Å². The molecule has 0 spiro atoms. The lowest BCUT2D eigenvalue weighted by Crippen LogP contribution is -1.96. The zero-order valence-corrected chi connectivity index (χ0v) is 11.1. The smallest absolute Gasteiger partial charge is 0.494 e. The Bertz CT molecular complexity index is 588. The number of carbonyl (C=O) groups is 1. The number of carbonyl (C=O) groups excluding carboxylic acids is 1. The molecule has 0 aliphatic heterocycles. The van der Waals surface area contributed by atoms with Crippen molar-refractivity contribution in [3.8, 4) is 0 Å². The van der Waals surface area contributed by atoms with Crippen molar-refractivity contribution in [2.24, 2.45) is 0 Å². The summed E-state index contributed by atoms with van der Waals surface area (Å²) in [7, 11) is 0. The normalized spacial score (nSPS) is 11.5. The van der Waals surface area contributed by atoms with Gasteiger partial charge in [-0.3, -0.25) is 4.79 Å². The summed E-state index contributed by atoms with van der Waals surface area (Å²) in [5.74, 6) is 0.599. The van der Waals surface area contributed by atoms with Crippen LogP contribution in [0.5, 0.6) is 0 Å². The first kappa shape index (κ1) is 11.9. The molecule has 0 saturated heterocycles. The second-order valence-electron chi connectivity index (χ2n) is 3.83. The first-order valence-electron chi connectivity index (χ1n) is 5.34. The highest BCUT2D eigenvalue weighted by Crippen LogP contribution is 2.16. The molecule has 0 N–H and O–H groups in total. The second-order valence-corrected chi connectivity index (χ2v) is 4.11. The van der Waals surface area contributed by atoms with E-state index < -0.39 is 0 Å². The summed E-state index contributed by atoms with van der Waals surface area (Å²) < 4.78 is 5.00. The molecule has 2 nitrogen and oxygen atoms in total. The average molecular weight is 239 g/mol. The molecule has 0 unspecified atom stereocenters. The molecule has 0 aliphatic carbocycles. The number of benzene rings is 2. The SMILES string of the molecule is CC(=CC(=O)c1ccc2ccccc2c1)[O][AlH]. The van der Waals surface area contributed by atoms with Gasteiger partial charge in [0.25, 0.3) is 0 Å². The molecule has 0 atom stereocenters. The number of hydrogen-bond donors (Lipinski definition) is 0. The van der Waals surface area contributed by atoms with Crippen LogP contribution in [0.1, 0.15) is 17.3 Å². The summed E-state index contributed by atoms with van der Waals surface area (Å²) in [5, 5.41) is 2.21. The third-order valence-corrected chi connectivity index (χ3v) is 3.05. The van der Waals surface area contributed by atoms with Gasteiger partial charge >= 0.3 is 16.6 Å². The Morgan fingerprint density at radius 3 is 2.59 bits per heavy atom. The maximum atomic E-state index is 11.9. The fourth-order valence-electron chi connectivity index (χ4n) is 1.65. The summed E-state index contributed by atoms with van der Waals surface area (Å²) in [6.07, 6.45) is 1.51. The molecule has 0 aromatic heterocycles. The third kappa shape index (κ3) is 2.76. The molecule has 0 saturated carbocycles. The van der Waals surface area contributed by atoms with Crippen LogP contribution in [-0.2, 0) is 3.79 Å². The molecular weight excluding hydrogens is 227 g/mol. The Hall–Kier alpha value is -1.56. The maximum Gasteiger partial charge on any atom is 0.494 e. The van der Waals surface area contributed by atoms with Crippen LogP contribution in [0.15, 0.2) is 54.3 Å². The number of fused-ring (bicyclic) bond motifs is 1. The highest BCUT2D eigenvalue weighted by atomic mass is 27.1. The molecule has 0 heterocycles. The molecule has 0 fully saturated rings. The van der Waals surface area contributed by atoms with Gasteiger partial charge in [0.2, 0.25) is 0 Å². The summed E-state index contributed by atoms with van der Waals surface area (Å²) in [6, 6.07) is 13.7. The van der Waals surface area contributed by atoms with Gasteiger partial charge in [0.15, 0.2) is 5.78 Å². The lowest BCUT2D eigenvalue weighted by Gasteiger charge is -2.03. The van der Waals surface area contributed by atoms with Crippen LogP contribution in [0, 0.1) is 0 Å². The number of allylic oxidation sites excluding steroid dienone is 2. The van der Waals surface area contributed by atoms with Crippen molar-refractivity contribution >= 4 is 33.2 Å². The maximum absolute atomic E-state index is 11.9. The van der Waals surface area contributed by atoms with E-state index >= 15 is 0 Å². The van der Waals surface area contributed by atoms with E-state index in [4.69, 9.17) is 3.79 Å². The standard InChI is InChI=1S/C14H12O2.Al.H/c1-10(15)8-14(16)13-7-6-11-4-2-3-5-12(11)9-13;;/h2-9,15H,1H3;;/q;+1;/p-1. The molecule has 0 aliphatic rings. The van der Waals surface area contributed by atoms with Gasteiger partial charge in [-0.15, -0.1) is 0 Å². The largest absolute Gasteiger partial charge is 0.653 e. The Kier molecular flexibility index (Phi) is 3.63. The fourth-order valence-corrected chi connectivity index (χ4v) is 1.74. The summed E-state index contributed by atoms with van der Waals surface area (Å²) in [5.41, 5.74) is 0.684. The van der Waals surface area contributed by atoms with E-state index in [0.717, 1.165) is 10.8 Å². The van der Waals surface area contributed by atoms with Gasteiger partial charge in [0.1, 0.15) is 0 Å².